The highest BCUT2D eigenvalue weighted by atomic mass is 79.9. The molecule has 0 aliphatic heterocycles. The van der Waals surface area contributed by atoms with Crippen molar-refractivity contribution in [1.29, 1.82) is 0 Å². The third-order valence-corrected chi connectivity index (χ3v) is 6.53. The lowest BCUT2D eigenvalue weighted by atomic mass is 10.2. The largest absolute Gasteiger partial charge is 0.376 e. The lowest BCUT2D eigenvalue weighted by Crippen LogP contribution is -2.19. The standard InChI is InChI=1S/C13H13Br2ClN2S/c1-7-2-3-8(4-10(7)16)18-11(6-17)12-5-9(14)13(15)19-12/h2-5,11,18H,6,17H2,1H3. The summed E-state index contributed by atoms with van der Waals surface area (Å²) in [6.45, 7) is 2.50. The van der Waals surface area contributed by atoms with Crippen LogP contribution in [0.1, 0.15) is 16.5 Å². The van der Waals surface area contributed by atoms with E-state index in [1.54, 1.807) is 11.3 Å². The molecule has 2 nitrogen and oxygen atoms in total. The van der Waals surface area contributed by atoms with E-state index in [9.17, 15) is 0 Å². The second-order valence-corrected chi connectivity index (χ2v) is 7.83. The summed E-state index contributed by atoms with van der Waals surface area (Å²) in [6.07, 6.45) is 0. The van der Waals surface area contributed by atoms with E-state index < -0.39 is 0 Å². The Balaban J connectivity index is 2.21. The second kappa shape index (κ2) is 6.59. The Kier molecular flexibility index (Phi) is 5.31. The first-order valence-corrected chi connectivity index (χ1v) is 8.46. The van der Waals surface area contributed by atoms with Gasteiger partial charge in [-0.25, -0.2) is 0 Å². The minimum absolute atomic E-state index is 0.0753. The SMILES string of the molecule is Cc1ccc(NC(CN)c2cc(Br)c(Br)s2)cc1Cl. The van der Waals surface area contributed by atoms with Crippen LogP contribution in [0.15, 0.2) is 32.5 Å². The van der Waals surface area contributed by atoms with Crippen LogP contribution < -0.4 is 11.1 Å². The number of aryl methyl sites for hydroxylation is 1. The van der Waals surface area contributed by atoms with Gasteiger partial charge in [0, 0.05) is 26.6 Å². The molecule has 0 saturated carbocycles. The van der Waals surface area contributed by atoms with Gasteiger partial charge in [0.1, 0.15) is 0 Å². The molecule has 0 radical (unpaired) electrons. The molecule has 0 aliphatic carbocycles. The van der Waals surface area contributed by atoms with Crippen molar-refractivity contribution in [3.8, 4) is 0 Å². The highest BCUT2D eigenvalue weighted by Crippen LogP contribution is 2.36. The van der Waals surface area contributed by atoms with Crippen LogP contribution in [0.3, 0.4) is 0 Å². The van der Waals surface area contributed by atoms with Gasteiger partial charge in [-0.3, -0.25) is 0 Å². The van der Waals surface area contributed by atoms with Crippen molar-refractivity contribution < 1.29 is 0 Å². The number of anilines is 1. The molecular weight excluding hydrogens is 411 g/mol. The smallest absolute Gasteiger partial charge is 0.0844 e. The fraction of sp³-hybridized carbons (Fsp3) is 0.231. The summed E-state index contributed by atoms with van der Waals surface area (Å²) >= 11 is 14.8. The Morgan fingerprint density at radius 1 is 1.37 bits per heavy atom. The zero-order chi connectivity index (χ0) is 14.0. The first-order chi connectivity index (χ1) is 9.01. The molecule has 2 aromatic rings. The van der Waals surface area contributed by atoms with Crippen molar-refractivity contribution in [1.82, 2.24) is 0 Å². The van der Waals surface area contributed by atoms with Crippen molar-refractivity contribution in [2.45, 2.75) is 13.0 Å². The Bertz CT molecular complexity index is 567. The van der Waals surface area contributed by atoms with Gasteiger partial charge in [-0.15, -0.1) is 11.3 Å². The molecule has 19 heavy (non-hydrogen) atoms. The minimum Gasteiger partial charge on any atom is -0.376 e. The summed E-state index contributed by atoms with van der Waals surface area (Å²) in [5.74, 6) is 0. The number of rotatable bonds is 4. The van der Waals surface area contributed by atoms with Crippen molar-refractivity contribution in [2.75, 3.05) is 11.9 Å². The molecule has 0 amide bonds. The molecule has 6 heteroatoms. The van der Waals surface area contributed by atoms with Gasteiger partial charge in [-0.1, -0.05) is 17.7 Å². The molecule has 1 aromatic carbocycles. The van der Waals surface area contributed by atoms with E-state index in [1.807, 2.05) is 25.1 Å². The van der Waals surface area contributed by atoms with E-state index >= 15 is 0 Å². The molecule has 1 heterocycles. The van der Waals surface area contributed by atoms with Crippen molar-refractivity contribution in [3.63, 3.8) is 0 Å². The van der Waals surface area contributed by atoms with E-state index in [0.717, 1.165) is 24.5 Å². The van der Waals surface area contributed by atoms with E-state index in [2.05, 4.69) is 43.2 Å². The van der Waals surface area contributed by atoms with Crippen molar-refractivity contribution in [3.05, 3.63) is 48.0 Å². The summed E-state index contributed by atoms with van der Waals surface area (Å²) in [5, 5.41) is 4.17. The molecule has 1 aromatic heterocycles. The van der Waals surface area contributed by atoms with Crippen LogP contribution in [0.2, 0.25) is 5.02 Å². The molecule has 102 valence electrons. The van der Waals surface area contributed by atoms with E-state index in [4.69, 9.17) is 17.3 Å². The number of halogens is 3. The van der Waals surface area contributed by atoms with E-state index in [-0.39, 0.29) is 6.04 Å². The summed E-state index contributed by atoms with van der Waals surface area (Å²) in [6, 6.07) is 8.10. The Morgan fingerprint density at radius 3 is 2.63 bits per heavy atom. The maximum atomic E-state index is 6.13. The number of benzene rings is 1. The number of nitrogens with one attached hydrogen (secondary N) is 1. The van der Waals surface area contributed by atoms with Crippen LogP contribution in [-0.4, -0.2) is 6.54 Å². The summed E-state index contributed by atoms with van der Waals surface area (Å²) in [5.41, 5.74) is 7.91. The van der Waals surface area contributed by atoms with Crippen LogP contribution in [0, 0.1) is 6.92 Å². The zero-order valence-electron chi connectivity index (χ0n) is 10.2. The van der Waals surface area contributed by atoms with Gasteiger partial charge in [0.05, 0.1) is 9.83 Å². The molecule has 0 fully saturated rings. The molecule has 2 rings (SSSR count). The average molecular weight is 425 g/mol. The van der Waals surface area contributed by atoms with Crippen LogP contribution >= 0.6 is 54.8 Å². The second-order valence-electron chi connectivity index (χ2n) is 4.17. The number of nitrogens with two attached hydrogens (primary N) is 1. The Morgan fingerprint density at radius 2 is 2.11 bits per heavy atom. The van der Waals surface area contributed by atoms with Gasteiger partial charge in [0.15, 0.2) is 0 Å². The summed E-state index contributed by atoms with van der Waals surface area (Å²) < 4.78 is 2.12. The van der Waals surface area contributed by atoms with Crippen LogP contribution in [0.5, 0.6) is 0 Å². The summed E-state index contributed by atoms with van der Waals surface area (Å²) in [7, 11) is 0. The first-order valence-electron chi connectivity index (χ1n) is 5.68. The third kappa shape index (κ3) is 3.73. The van der Waals surface area contributed by atoms with Crippen molar-refractivity contribution in [2.24, 2.45) is 5.73 Å². The van der Waals surface area contributed by atoms with Gasteiger partial charge in [-0.05, 0) is 62.5 Å². The third-order valence-electron chi connectivity index (χ3n) is 2.76. The van der Waals surface area contributed by atoms with E-state index in [1.165, 1.54) is 4.88 Å². The summed E-state index contributed by atoms with van der Waals surface area (Å²) in [4.78, 5) is 1.18. The molecule has 0 aliphatic rings. The molecule has 1 atom stereocenters. The van der Waals surface area contributed by atoms with E-state index in [0.29, 0.717) is 6.54 Å². The molecule has 0 bridgehead atoms. The number of hydrogen-bond acceptors (Lipinski definition) is 3. The van der Waals surface area contributed by atoms with Gasteiger partial charge in [-0.2, -0.15) is 0 Å². The molecular formula is C13H13Br2ClN2S. The topological polar surface area (TPSA) is 38.0 Å². The molecule has 0 saturated heterocycles. The highest BCUT2D eigenvalue weighted by Gasteiger charge is 2.14. The van der Waals surface area contributed by atoms with Gasteiger partial charge in [0.2, 0.25) is 0 Å². The van der Waals surface area contributed by atoms with Crippen LogP contribution in [-0.2, 0) is 0 Å². The number of hydrogen-bond donors (Lipinski definition) is 2. The van der Waals surface area contributed by atoms with Gasteiger partial charge >= 0.3 is 0 Å². The average Bonchev–Trinajstić information content (AvgIpc) is 2.71. The number of thiophene rings is 1. The predicted octanol–water partition coefficient (Wildman–Crippen LogP) is 5.35. The highest BCUT2D eigenvalue weighted by molar-refractivity contribution is 9.13. The van der Waals surface area contributed by atoms with Gasteiger partial charge < -0.3 is 11.1 Å². The molecule has 0 spiro atoms. The Hall–Kier alpha value is -0.0700. The minimum atomic E-state index is 0.0753. The first kappa shape index (κ1) is 15.3. The molecule has 3 N–H and O–H groups in total. The van der Waals surface area contributed by atoms with Gasteiger partial charge in [0.25, 0.3) is 0 Å². The normalized spacial score (nSPS) is 12.5. The lowest BCUT2D eigenvalue weighted by molar-refractivity contribution is 0.805. The monoisotopic (exact) mass is 422 g/mol. The fourth-order valence-corrected chi connectivity index (χ4v) is 4.00. The van der Waals surface area contributed by atoms with Crippen molar-refractivity contribution >= 4 is 60.5 Å². The zero-order valence-corrected chi connectivity index (χ0v) is 15.0. The maximum absolute atomic E-state index is 6.13. The molecule has 1 unspecified atom stereocenters. The van der Waals surface area contributed by atoms with Crippen LogP contribution in [0.25, 0.3) is 0 Å². The predicted molar refractivity (Wildman–Crippen MR) is 91.3 cm³/mol. The fourth-order valence-electron chi connectivity index (χ4n) is 1.67. The Labute approximate surface area is 138 Å². The quantitative estimate of drug-likeness (QED) is 0.695. The lowest BCUT2D eigenvalue weighted by Gasteiger charge is -2.17. The maximum Gasteiger partial charge on any atom is 0.0844 e. The van der Waals surface area contributed by atoms with Crippen LogP contribution in [0.4, 0.5) is 5.69 Å².